The van der Waals surface area contributed by atoms with E-state index in [0.717, 1.165) is 61.6 Å². The monoisotopic (exact) mass is 1210 g/mol. The van der Waals surface area contributed by atoms with Gasteiger partial charge in [-0.05, 0) is 77.0 Å². The Balaban J connectivity index is 0.000000400. The summed E-state index contributed by atoms with van der Waals surface area (Å²) >= 11 is 9.63. The van der Waals surface area contributed by atoms with E-state index >= 15 is 0 Å². The van der Waals surface area contributed by atoms with Gasteiger partial charge in [0.2, 0.25) is 17.7 Å². The Morgan fingerprint density at radius 1 is 0.519 bits per heavy atom. The normalized spacial score (nSPS) is 10.6. The molecule has 0 fully saturated rings. The van der Waals surface area contributed by atoms with Crippen LogP contribution in [-0.4, -0.2) is 105 Å². The van der Waals surface area contributed by atoms with Crippen LogP contribution in [0.5, 0.6) is 0 Å². The van der Waals surface area contributed by atoms with Gasteiger partial charge in [0.1, 0.15) is 0 Å². The Bertz CT molecular complexity index is 3010. The predicted octanol–water partition coefficient (Wildman–Crippen LogP) is 14.5. The van der Waals surface area contributed by atoms with E-state index in [-0.39, 0.29) is 43.1 Å². The summed E-state index contributed by atoms with van der Waals surface area (Å²) in [6.07, 6.45) is -2.60. The first-order valence-corrected chi connectivity index (χ1v) is 31.4. The number of hydrogen-bond acceptors (Lipinski definition) is 17. The van der Waals surface area contributed by atoms with Gasteiger partial charge in [-0.3, -0.25) is 19.0 Å². The van der Waals surface area contributed by atoms with Crippen LogP contribution in [0.1, 0.15) is 32.0 Å². The SMILES string of the molecule is CC.CC.COCCn1c(SCC(=O)Nc2ccccc2)nnc1-c1cccs1.CSCCn1c(SCC(=O)Nc2ccccc2)nnc1-c1cccs1.O=C(CSc1nnc(-c2cccs2)n1C(F)(F)F)Nc1ccccc1.[HH].[HH].[HH]. The molecule has 3 aromatic carbocycles. The fraction of sp³-hybridized carbons (Fsp3) is 0.264. The maximum Gasteiger partial charge on any atom is 0.492 e. The molecule has 6 aromatic heterocycles. The first-order chi connectivity index (χ1) is 38.5. The van der Waals surface area contributed by atoms with E-state index in [1.165, 1.54) is 29.6 Å². The summed E-state index contributed by atoms with van der Waals surface area (Å²) in [6, 6.07) is 38.7. The zero-order valence-electron chi connectivity index (χ0n) is 44.0. The largest absolute Gasteiger partial charge is 0.492 e. The van der Waals surface area contributed by atoms with E-state index in [1.54, 1.807) is 83.3 Å². The minimum atomic E-state index is -4.68. The topological polar surface area (TPSA) is 189 Å². The molecular formula is C53H65F3N12O4S7. The average molecular weight is 1220 g/mol. The van der Waals surface area contributed by atoms with Crippen molar-refractivity contribution in [3.8, 4) is 32.1 Å². The van der Waals surface area contributed by atoms with Crippen LogP contribution in [0, 0.1) is 0 Å². The molecule has 0 saturated carbocycles. The molecule has 0 aliphatic rings. The van der Waals surface area contributed by atoms with Crippen LogP contribution in [0.25, 0.3) is 32.1 Å². The third kappa shape index (κ3) is 20.4. The fourth-order valence-electron chi connectivity index (χ4n) is 6.44. The third-order valence-electron chi connectivity index (χ3n) is 9.75. The Labute approximate surface area is 490 Å². The number of halogens is 3. The smallest absolute Gasteiger partial charge is 0.383 e. The molecule has 0 bridgehead atoms. The molecule has 9 rings (SSSR count). The number of hydrogen-bond donors (Lipinski definition) is 3. The number of nitrogens with zero attached hydrogens (tertiary/aromatic N) is 9. The van der Waals surface area contributed by atoms with E-state index in [0.29, 0.717) is 46.4 Å². The Kier molecular flexibility index (Phi) is 27.9. The van der Waals surface area contributed by atoms with E-state index in [1.807, 2.05) is 128 Å². The van der Waals surface area contributed by atoms with Gasteiger partial charge in [0.05, 0.1) is 45.0 Å². The quantitative estimate of drug-likeness (QED) is 0.0576. The molecule has 0 aliphatic carbocycles. The number of nitrogens with one attached hydrogen (secondary N) is 3. The Hall–Kier alpha value is -6.26. The minimum absolute atomic E-state index is 0. The number of thioether (sulfide) groups is 4. The van der Waals surface area contributed by atoms with Gasteiger partial charge in [0.15, 0.2) is 32.9 Å². The zero-order valence-corrected chi connectivity index (χ0v) is 49.7. The van der Waals surface area contributed by atoms with Crippen LogP contribution in [-0.2, 0) is 38.5 Å². The highest BCUT2D eigenvalue weighted by Gasteiger charge is 2.38. The molecule has 424 valence electrons. The predicted molar refractivity (Wildman–Crippen MR) is 328 cm³/mol. The van der Waals surface area contributed by atoms with Crippen LogP contribution in [0.15, 0.2) is 159 Å². The number of rotatable bonds is 21. The molecule has 0 spiro atoms. The Morgan fingerprint density at radius 3 is 1.23 bits per heavy atom. The maximum atomic E-state index is 13.4. The van der Waals surface area contributed by atoms with E-state index in [2.05, 4.69) is 57.4 Å². The van der Waals surface area contributed by atoms with Gasteiger partial charge in [-0.15, -0.1) is 77.8 Å². The Morgan fingerprint density at radius 2 is 0.873 bits per heavy atom. The van der Waals surface area contributed by atoms with Crippen LogP contribution in [0.2, 0.25) is 0 Å². The molecule has 79 heavy (non-hydrogen) atoms. The molecule has 0 aliphatic heterocycles. The fourth-order valence-corrected chi connectivity index (χ4v) is 11.2. The molecular weight excluding hydrogens is 1150 g/mol. The summed E-state index contributed by atoms with van der Waals surface area (Å²) in [6.45, 7) is 10.0. The number of alkyl halides is 3. The number of anilines is 3. The van der Waals surface area contributed by atoms with Crippen molar-refractivity contribution in [2.75, 3.05) is 58.9 Å². The van der Waals surface area contributed by atoms with Crippen LogP contribution >= 0.6 is 81.1 Å². The average Bonchev–Trinajstić information content (AvgIpc) is 4.51. The number of carbonyl (C=O) groups excluding carboxylic acids is 3. The van der Waals surface area contributed by atoms with E-state index < -0.39 is 12.2 Å². The lowest BCUT2D eigenvalue weighted by Gasteiger charge is -2.12. The second-order valence-electron chi connectivity index (χ2n) is 15.1. The number of amides is 3. The van der Waals surface area contributed by atoms with Gasteiger partial charge in [-0.25, -0.2) is 4.57 Å². The zero-order chi connectivity index (χ0) is 56.8. The molecule has 16 nitrogen and oxygen atoms in total. The first kappa shape index (κ1) is 63.6. The summed E-state index contributed by atoms with van der Waals surface area (Å²) in [7, 11) is 1.66. The standard InChI is InChI=1S/C17H18N4O2S2.C17H18N4OS3.C15H11F3N4OS2.2C2H6.3H2/c1-23-10-9-21-16(14-8-5-11-24-14)19-20-17(21)25-12-15(22)18-13-6-3-2-4-7-13;1-23-11-9-21-16(14-8-5-10-24-14)19-20-17(21)25-12-15(22)18-13-6-3-2-4-7-13;16-15(17,18)22-13(11-7-4-8-24-11)20-21-14(22)25-9-12(23)19-10-5-2-1-3-6-10;2*1-2;;;/h2-8,11H,9-10,12H2,1H3,(H,18,22);2-8,10H,9,11-12H2,1H3,(H,18,22);1-8H,9H2,(H,19,23);2*1-2H3;3*1H. The molecule has 3 amide bonds. The van der Waals surface area contributed by atoms with Crippen molar-refractivity contribution in [3.63, 3.8) is 0 Å². The molecule has 0 saturated heterocycles. The van der Waals surface area contributed by atoms with Crippen LogP contribution in [0.4, 0.5) is 30.2 Å². The second kappa shape index (κ2) is 34.7. The van der Waals surface area contributed by atoms with Gasteiger partial charge in [0, 0.05) is 40.7 Å². The van der Waals surface area contributed by atoms with Crippen molar-refractivity contribution in [3.05, 3.63) is 144 Å². The second-order valence-corrected chi connectivity index (χ2v) is 21.7. The van der Waals surface area contributed by atoms with E-state index in [9.17, 15) is 27.6 Å². The van der Waals surface area contributed by atoms with E-state index in [4.69, 9.17) is 4.74 Å². The number of thiophene rings is 3. The highest BCUT2D eigenvalue weighted by molar-refractivity contribution is 8.00. The van der Waals surface area contributed by atoms with Crippen LogP contribution in [0.3, 0.4) is 0 Å². The summed E-state index contributed by atoms with van der Waals surface area (Å²) in [5.74, 6) is 2.17. The first-order valence-electron chi connectivity index (χ1n) is 24.4. The number of carbonyl (C=O) groups is 3. The number of para-hydroxylation sites is 3. The number of benzene rings is 3. The molecule has 0 radical (unpaired) electrons. The van der Waals surface area contributed by atoms with Crippen molar-refractivity contribution in [1.82, 2.24) is 44.3 Å². The number of ether oxygens (including phenoxy) is 1. The highest BCUT2D eigenvalue weighted by atomic mass is 32.2. The molecule has 0 unspecified atom stereocenters. The summed E-state index contributed by atoms with van der Waals surface area (Å²) < 4.78 is 49.5. The highest BCUT2D eigenvalue weighted by Crippen LogP contribution is 2.36. The van der Waals surface area contributed by atoms with Crippen molar-refractivity contribution in [2.24, 2.45) is 0 Å². The summed E-state index contributed by atoms with van der Waals surface area (Å²) in [5.41, 5.74) is 2.16. The summed E-state index contributed by atoms with van der Waals surface area (Å²) in [4.78, 5) is 38.7. The van der Waals surface area contributed by atoms with Crippen molar-refractivity contribution < 1.29 is 36.6 Å². The number of aromatic nitrogens is 9. The lowest BCUT2D eigenvalue weighted by molar-refractivity contribution is -0.208. The lowest BCUT2D eigenvalue weighted by Crippen LogP contribution is -2.20. The van der Waals surface area contributed by atoms with Crippen molar-refractivity contribution in [1.29, 1.82) is 0 Å². The molecule has 3 N–H and O–H groups in total. The van der Waals surface area contributed by atoms with Gasteiger partial charge >= 0.3 is 6.30 Å². The summed E-state index contributed by atoms with van der Waals surface area (Å²) in [5, 5.41) is 39.6. The molecule has 6 heterocycles. The minimum Gasteiger partial charge on any atom is -0.383 e. The van der Waals surface area contributed by atoms with Gasteiger partial charge in [-0.1, -0.05) is 136 Å². The van der Waals surface area contributed by atoms with Crippen LogP contribution < -0.4 is 16.0 Å². The van der Waals surface area contributed by atoms with Crippen molar-refractivity contribution >= 4 is 116 Å². The van der Waals surface area contributed by atoms with Gasteiger partial charge in [-0.2, -0.15) is 11.8 Å². The van der Waals surface area contributed by atoms with Crippen molar-refractivity contribution in [2.45, 2.75) is 62.6 Å². The van der Waals surface area contributed by atoms with Gasteiger partial charge in [0.25, 0.3) is 0 Å². The molecule has 26 heteroatoms. The third-order valence-corrected chi connectivity index (χ3v) is 15.8. The molecule has 9 aromatic rings. The maximum absolute atomic E-state index is 13.4. The van der Waals surface area contributed by atoms with Gasteiger partial charge < -0.3 is 25.3 Å². The molecule has 0 atom stereocenters. The number of methoxy groups -OCH3 is 1. The lowest BCUT2D eigenvalue weighted by atomic mass is 10.3.